The van der Waals surface area contributed by atoms with Crippen LogP contribution in [0.5, 0.6) is 0 Å². The molecule has 1 fully saturated rings. The first kappa shape index (κ1) is 16.1. The summed E-state index contributed by atoms with van der Waals surface area (Å²) in [5.41, 5.74) is 6.80. The van der Waals surface area contributed by atoms with Crippen LogP contribution in [0.25, 0.3) is 0 Å². The maximum absolute atomic E-state index is 12.0. The van der Waals surface area contributed by atoms with Gasteiger partial charge in [-0.1, -0.05) is 11.6 Å². The molecule has 0 aromatic heterocycles. The summed E-state index contributed by atoms with van der Waals surface area (Å²) in [6.45, 7) is 6.45. The maximum atomic E-state index is 12.0. The van der Waals surface area contributed by atoms with E-state index in [4.69, 9.17) is 22.1 Å². The predicted octanol–water partition coefficient (Wildman–Crippen LogP) is 2.36. The molecule has 0 spiro atoms. The van der Waals surface area contributed by atoms with Crippen molar-refractivity contribution in [1.29, 1.82) is 0 Å². The molecule has 2 unspecified atom stereocenters. The second kappa shape index (κ2) is 7.11. The first-order chi connectivity index (χ1) is 9.95. The van der Waals surface area contributed by atoms with E-state index in [0.717, 1.165) is 6.54 Å². The highest BCUT2D eigenvalue weighted by Crippen LogP contribution is 2.24. The summed E-state index contributed by atoms with van der Waals surface area (Å²) in [4.78, 5) is 14.3. The van der Waals surface area contributed by atoms with Crippen molar-refractivity contribution in [2.45, 2.75) is 32.4 Å². The van der Waals surface area contributed by atoms with Gasteiger partial charge in [-0.3, -0.25) is 9.69 Å². The number of rotatable bonds is 4. The van der Waals surface area contributed by atoms with Crippen molar-refractivity contribution in [3.8, 4) is 0 Å². The summed E-state index contributed by atoms with van der Waals surface area (Å²) >= 11 is 6.04. The Morgan fingerprint density at radius 1 is 1.52 bits per heavy atom. The number of ether oxygens (including phenoxy) is 1. The fourth-order valence-corrected chi connectivity index (χ4v) is 2.61. The SMILES string of the molecule is CC1CN(CCC(=O)Nc2ccc(N)cc2Cl)C(C)CO1. The largest absolute Gasteiger partial charge is 0.399 e. The van der Waals surface area contributed by atoms with Crippen molar-refractivity contribution in [3.05, 3.63) is 23.2 Å². The van der Waals surface area contributed by atoms with Crippen molar-refractivity contribution >= 4 is 28.9 Å². The average molecular weight is 312 g/mol. The van der Waals surface area contributed by atoms with Crippen LogP contribution in [0.1, 0.15) is 20.3 Å². The Kier molecular flexibility index (Phi) is 5.45. The highest BCUT2D eigenvalue weighted by molar-refractivity contribution is 6.34. The molecule has 0 bridgehead atoms. The van der Waals surface area contributed by atoms with Gasteiger partial charge >= 0.3 is 0 Å². The van der Waals surface area contributed by atoms with Crippen molar-refractivity contribution in [1.82, 2.24) is 4.90 Å². The highest BCUT2D eigenvalue weighted by Gasteiger charge is 2.23. The molecule has 1 saturated heterocycles. The van der Waals surface area contributed by atoms with E-state index in [1.807, 2.05) is 6.92 Å². The van der Waals surface area contributed by atoms with E-state index < -0.39 is 0 Å². The minimum absolute atomic E-state index is 0.0481. The van der Waals surface area contributed by atoms with Gasteiger partial charge < -0.3 is 15.8 Å². The zero-order valence-electron chi connectivity index (χ0n) is 12.4. The second-order valence-electron chi connectivity index (χ2n) is 5.53. The van der Waals surface area contributed by atoms with Gasteiger partial charge in [0.15, 0.2) is 0 Å². The molecule has 1 aliphatic rings. The molecule has 21 heavy (non-hydrogen) atoms. The number of hydrogen-bond donors (Lipinski definition) is 2. The first-order valence-electron chi connectivity index (χ1n) is 7.16. The van der Waals surface area contributed by atoms with Gasteiger partial charge in [-0.25, -0.2) is 0 Å². The molecular weight excluding hydrogens is 290 g/mol. The zero-order chi connectivity index (χ0) is 15.4. The fraction of sp³-hybridized carbons (Fsp3) is 0.533. The molecule has 2 rings (SSSR count). The number of anilines is 2. The Morgan fingerprint density at radius 2 is 2.29 bits per heavy atom. The predicted molar refractivity (Wildman–Crippen MR) is 85.6 cm³/mol. The molecule has 116 valence electrons. The van der Waals surface area contributed by atoms with E-state index in [9.17, 15) is 4.79 Å². The van der Waals surface area contributed by atoms with E-state index in [-0.39, 0.29) is 12.0 Å². The first-order valence-corrected chi connectivity index (χ1v) is 7.54. The Bertz CT molecular complexity index is 510. The van der Waals surface area contributed by atoms with Gasteiger partial charge in [0.2, 0.25) is 5.91 Å². The van der Waals surface area contributed by atoms with Crippen LogP contribution in [-0.4, -0.2) is 42.6 Å². The molecule has 0 radical (unpaired) electrons. The lowest BCUT2D eigenvalue weighted by molar-refractivity contribution is -0.117. The number of amides is 1. The lowest BCUT2D eigenvalue weighted by Gasteiger charge is -2.36. The van der Waals surface area contributed by atoms with Crippen LogP contribution in [0, 0.1) is 0 Å². The summed E-state index contributed by atoms with van der Waals surface area (Å²) in [7, 11) is 0. The number of nitrogens with two attached hydrogens (primary N) is 1. The molecule has 1 heterocycles. The number of morpholine rings is 1. The third-order valence-corrected chi connectivity index (χ3v) is 3.94. The molecule has 5 nitrogen and oxygen atoms in total. The Hall–Kier alpha value is -1.30. The van der Waals surface area contributed by atoms with Gasteiger partial charge in [0.25, 0.3) is 0 Å². The van der Waals surface area contributed by atoms with Gasteiger partial charge in [0.05, 0.1) is 23.4 Å². The van der Waals surface area contributed by atoms with Gasteiger partial charge in [-0.05, 0) is 32.0 Å². The number of carbonyl (C=O) groups excluding carboxylic acids is 1. The van der Waals surface area contributed by atoms with Crippen molar-refractivity contribution in [3.63, 3.8) is 0 Å². The Morgan fingerprint density at radius 3 is 3.00 bits per heavy atom. The maximum Gasteiger partial charge on any atom is 0.225 e. The third-order valence-electron chi connectivity index (χ3n) is 3.63. The van der Waals surface area contributed by atoms with Gasteiger partial charge in [0, 0.05) is 31.2 Å². The number of benzene rings is 1. The molecule has 1 aliphatic heterocycles. The van der Waals surface area contributed by atoms with E-state index in [1.54, 1.807) is 18.2 Å². The van der Waals surface area contributed by atoms with Crippen molar-refractivity contribution in [2.75, 3.05) is 30.7 Å². The Labute approximate surface area is 130 Å². The van der Waals surface area contributed by atoms with Crippen LogP contribution in [0.15, 0.2) is 18.2 Å². The minimum Gasteiger partial charge on any atom is -0.399 e. The molecule has 0 saturated carbocycles. The molecule has 6 heteroatoms. The van der Waals surface area contributed by atoms with Crippen molar-refractivity contribution < 1.29 is 9.53 Å². The van der Waals surface area contributed by atoms with Crippen LogP contribution in [0.4, 0.5) is 11.4 Å². The normalized spacial score (nSPS) is 23.0. The third kappa shape index (κ3) is 4.59. The van der Waals surface area contributed by atoms with E-state index in [0.29, 0.717) is 42.0 Å². The highest BCUT2D eigenvalue weighted by atomic mass is 35.5. The fourth-order valence-electron chi connectivity index (χ4n) is 2.37. The molecule has 2 atom stereocenters. The summed E-state index contributed by atoms with van der Waals surface area (Å²) < 4.78 is 5.58. The smallest absolute Gasteiger partial charge is 0.225 e. The number of hydrogen-bond acceptors (Lipinski definition) is 4. The number of nitrogens with zero attached hydrogens (tertiary/aromatic N) is 1. The second-order valence-corrected chi connectivity index (χ2v) is 5.93. The number of nitrogen functional groups attached to an aromatic ring is 1. The standard InChI is InChI=1S/C15H22ClN3O2/c1-10-9-21-11(2)8-19(10)6-5-15(20)18-14-4-3-12(17)7-13(14)16/h3-4,7,10-11H,5-6,8-9,17H2,1-2H3,(H,18,20). The van der Waals surface area contributed by atoms with Gasteiger partial charge in [-0.15, -0.1) is 0 Å². The lowest BCUT2D eigenvalue weighted by Crippen LogP contribution is -2.48. The summed E-state index contributed by atoms with van der Waals surface area (Å²) in [6, 6.07) is 5.40. The van der Waals surface area contributed by atoms with Crippen LogP contribution in [0.3, 0.4) is 0 Å². The molecule has 1 aromatic rings. The quantitative estimate of drug-likeness (QED) is 0.838. The van der Waals surface area contributed by atoms with Gasteiger partial charge in [0.1, 0.15) is 0 Å². The van der Waals surface area contributed by atoms with Gasteiger partial charge in [-0.2, -0.15) is 0 Å². The van der Waals surface area contributed by atoms with E-state index in [2.05, 4.69) is 17.1 Å². The number of carbonyl (C=O) groups is 1. The molecule has 1 aromatic carbocycles. The molecule has 0 aliphatic carbocycles. The number of nitrogens with one attached hydrogen (secondary N) is 1. The van der Waals surface area contributed by atoms with E-state index in [1.165, 1.54) is 0 Å². The summed E-state index contributed by atoms with van der Waals surface area (Å²) in [5, 5.41) is 3.27. The summed E-state index contributed by atoms with van der Waals surface area (Å²) in [5.74, 6) is -0.0481. The van der Waals surface area contributed by atoms with Crippen LogP contribution in [0.2, 0.25) is 5.02 Å². The summed E-state index contributed by atoms with van der Waals surface area (Å²) in [6.07, 6.45) is 0.647. The molecular formula is C15H22ClN3O2. The Balaban J connectivity index is 1.84. The van der Waals surface area contributed by atoms with Crippen LogP contribution >= 0.6 is 11.6 Å². The minimum atomic E-state index is -0.0481. The van der Waals surface area contributed by atoms with Crippen LogP contribution in [-0.2, 0) is 9.53 Å². The monoisotopic (exact) mass is 311 g/mol. The van der Waals surface area contributed by atoms with Crippen LogP contribution < -0.4 is 11.1 Å². The van der Waals surface area contributed by atoms with Crippen molar-refractivity contribution in [2.24, 2.45) is 0 Å². The lowest BCUT2D eigenvalue weighted by atomic mass is 10.2. The number of halogens is 1. The topological polar surface area (TPSA) is 67.6 Å². The van der Waals surface area contributed by atoms with E-state index >= 15 is 0 Å². The zero-order valence-corrected chi connectivity index (χ0v) is 13.2. The average Bonchev–Trinajstić information content (AvgIpc) is 2.43. The molecule has 3 N–H and O–H groups in total. The molecule has 1 amide bonds.